The number of hydrogen-bond acceptors (Lipinski definition) is 5. The normalized spacial score (nSPS) is 13.8. The van der Waals surface area contributed by atoms with Crippen molar-refractivity contribution in [2.24, 2.45) is 5.92 Å². The standard InChI is InChI=1S/C22H26N6/c1-13(2)20(24)28-21(25)18-6-4-5-7-19(18)22(26-28)27-9-8-17-14(3)10-16(23)11-15(17)12-27/h4-7,10-11,13,24-25H,8-9,12,23H2,1-3H3. The van der Waals surface area contributed by atoms with Crippen LogP contribution < -0.4 is 16.1 Å². The summed E-state index contributed by atoms with van der Waals surface area (Å²) in [5.41, 5.74) is 11.0. The molecule has 28 heavy (non-hydrogen) atoms. The molecule has 0 spiro atoms. The Hall–Kier alpha value is -3.15. The van der Waals surface area contributed by atoms with Crippen molar-refractivity contribution in [1.82, 2.24) is 9.78 Å². The van der Waals surface area contributed by atoms with E-state index < -0.39 is 0 Å². The summed E-state index contributed by atoms with van der Waals surface area (Å²) >= 11 is 0. The second kappa shape index (κ2) is 6.78. The zero-order valence-electron chi connectivity index (χ0n) is 16.6. The van der Waals surface area contributed by atoms with Crippen molar-refractivity contribution >= 4 is 28.1 Å². The number of anilines is 2. The molecular formula is C22H26N6. The van der Waals surface area contributed by atoms with Crippen LogP contribution in [0.4, 0.5) is 11.5 Å². The zero-order valence-corrected chi connectivity index (χ0v) is 16.6. The summed E-state index contributed by atoms with van der Waals surface area (Å²) in [5, 5.41) is 23.5. The molecule has 2 aromatic carbocycles. The van der Waals surface area contributed by atoms with E-state index in [0.717, 1.165) is 41.8 Å². The second-order valence-electron chi connectivity index (χ2n) is 7.82. The smallest absolute Gasteiger partial charge is 0.157 e. The number of fused-ring (bicyclic) bond motifs is 2. The van der Waals surface area contributed by atoms with Gasteiger partial charge >= 0.3 is 0 Å². The van der Waals surface area contributed by atoms with Gasteiger partial charge in [0, 0.05) is 35.5 Å². The van der Waals surface area contributed by atoms with Gasteiger partial charge in [0.25, 0.3) is 0 Å². The molecule has 0 saturated carbocycles. The number of nitrogens with one attached hydrogen (secondary N) is 2. The van der Waals surface area contributed by atoms with Crippen LogP contribution in [0.5, 0.6) is 0 Å². The monoisotopic (exact) mass is 374 g/mol. The van der Waals surface area contributed by atoms with E-state index in [2.05, 4.69) is 17.9 Å². The molecule has 4 N–H and O–H groups in total. The molecule has 144 valence electrons. The summed E-state index contributed by atoms with van der Waals surface area (Å²) in [6, 6.07) is 12.0. The topological polar surface area (TPSA) is 94.8 Å². The van der Waals surface area contributed by atoms with Crippen molar-refractivity contribution in [2.75, 3.05) is 17.2 Å². The Kier molecular flexibility index (Phi) is 4.41. The Balaban J connectivity index is 1.88. The van der Waals surface area contributed by atoms with Crippen molar-refractivity contribution in [2.45, 2.75) is 33.7 Å². The van der Waals surface area contributed by atoms with Crippen LogP contribution in [0.3, 0.4) is 0 Å². The van der Waals surface area contributed by atoms with Crippen molar-refractivity contribution in [1.29, 1.82) is 10.8 Å². The van der Waals surface area contributed by atoms with Crippen LogP contribution in [0.15, 0.2) is 36.4 Å². The number of nitrogen functional groups attached to an aromatic ring is 1. The van der Waals surface area contributed by atoms with Gasteiger partial charge in [0.15, 0.2) is 11.3 Å². The van der Waals surface area contributed by atoms with E-state index in [1.54, 1.807) is 0 Å². The minimum absolute atomic E-state index is 0.0138. The zero-order chi connectivity index (χ0) is 20.0. The molecule has 1 aliphatic heterocycles. The number of aromatic nitrogens is 2. The highest BCUT2D eigenvalue weighted by Gasteiger charge is 2.23. The first-order valence-electron chi connectivity index (χ1n) is 9.65. The van der Waals surface area contributed by atoms with Gasteiger partial charge in [-0.25, -0.2) is 0 Å². The fourth-order valence-corrected chi connectivity index (χ4v) is 3.98. The Bertz CT molecular complexity index is 1140. The fourth-order valence-electron chi connectivity index (χ4n) is 3.98. The first-order chi connectivity index (χ1) is 13.4. The predicted octanol–water partition coefficient (Wildman–Crippen LogP) is 3.45. The molecule has 0 saturated heterocycles. The van der Waals surface area contributed by atoms with Crippen LogP contribution >= 0.6 is 0 Å². The summed E-state index contributed by atoms with van der Waals surface area (Å²) in [5.74, 6) is 1.14. The van der Waals surface area contributed by atoms with Crippen molar-refractivity contribution in [3.8, 4) is 0 Å². The van der Waals surface area contributed by atoms with E-state index >= 15 is 0 Å². The fraction of sp³-hybridized carbons (Fsp3) is 0.318. The largest absolute Gasteiger partial charge is 0.399 e. The number of benzene rings is 2. The summed E-state index contributed by atoms with van der Waals surface area (Å²) in [6.07, 6.45) is 0.932. The quantitative estimate of drug-likeness (QED) is 0.364. The van der Waals surface area contributed by atoms with Crippen LogP contribution in [0.25, 0.3) is 10.8 Å². The Morgan fingerprint density at radius 3 is 2.61 bits per heavy atom. The van der Waals surface area contributed by atoms with Gasteiger partial charge in [-0.15, -0.1) is 5.10 Å². The minimum Gasteiger partial charge on any atom is -0.399 e. The highest BCUT2D eigenvalue weighted by atomic mass is 15.4. The van der Waals surface area contributed by atoms with Gasteiger partial charge in [-0.2, -0.15) is 4.68 Å². The number of nitrogens with zero attached hydrogens (tertiary/aromatic N) is 3. The molecule has 1 aromatic heterocycles. The molecule has 0 atom stereocenters. The molecule has 0 amide bonds. The van der Waals surface area contributed by atoms with Gasteiger partial charge in [-0.1, -0.05) is 38.1 Å². The van der Waals surface area contributed by atoms with E-state index in [9.17, 15) is 0 Å². The third kappa shape index (κ3) is 2.95. The molecule has 0 fully saturated rings. The highest BCUT2D eigenvalue weighted by molar-refractivity contribution is 5.93. The minimum atomic E-state index is -0.0138. The van der Waals surface area contributed by atoms with E-state index in [4.69, 9.17) is 21.7 Å². The molecule has 6 heteroatoms. The molecule has 4 rings (SSSR count). The number of nitrogens with two attached hydrogens (primary N) is 1. The lowest BCUT2D eigenvalue weighted by molar-refractivity contribution is 0.685. The third-order valence-electron chi connectivity index (χ3n) is 5.48. The lowest BCUT2D eigenvalue weighted by atomic mass is 9.94. The van der Waals surface area contributed by atoms with Gasteiger partial charge in [-0.3, -0.25) is 10.8 Å². The maximum Gasteiger partial charge on any atom is 0.157 e. The molecule has 0 aliphatic carbocycles. The van der Waals surface area contributed by atoms with E-state index in [1.807, 2.05) is 44.2 Å². The van der Waals surface area contributed by atoms with Gasteiger partial charge in [0.05, 0.1) is 0 Å². The maximum atomic E-state index is 8.57. The van der Waals surface area contributed by atoms with Crippen molar-refractivity contribution in [3.63, 3.8) is 0 Å². The average Bonchev–Trinajstić information content (AvgIpc) is 2.67. The lowest BCUT2D eigenvalue weighted by Gasteiger charge is -2.32. The molecular weight excluding hydrogens is 348 g/mol. The maximum absolute atomic E-state index is 8.57. The molecule has 0 bridgehead atoms. The number of aryl methyl sites for hydroxylation is 1. The van der Waals surface area contributed by atoms with Gasteiger partial charge < -0.3 is 10.6 Å². The summed E-state index contributed by atoms with van der Waals surface area (Å²) in [6.45, 7) is 7.60. The summed E-state index contributed by atoms with van der Waals surface area (Å²) < 4.78 is 1.47. The van der Waals surface area contributed by atoms with Crippen LogP contribution in [0.1, 0.15) is 30.5 Å². The molecule has 0 unspecified atom stereocenters. The third-order valence-corrected chi connectivity index (χ3v) is 5.48. The SMILES string of the molecule is Cc1cc(N)cc2c1CCN(c1nn(C(=N)C(C)C)c(=N)c3ccccc13)C2. The first-order valence-corrected chi connectivity index (χ1v) is 9.65. The number of hydrogen-bond donors (Lipinski definition) is 3. The van der Waals surface area contributed by atoms with Gasteiger partial charge in [0.2, 0.25) is 0 Å². The lowest BCUT2D eigenvalue weighted by Crippen LogP contribution is -2.37. The van der Waals surface area contributed by atoms with Crippen LogP contribution in [-0.2, 0) is 13.0 Å². The van der Waals surface area contributed by atoms with Crippen LogP contribution in [-0.4, -0.2) is 22.2 Å². The molecule has 1 aliphatic rings. The predicted molar refractivity (Wildman–Crippen MR) is 114 cm³/mol. The van der Waals surface area contributed by atoms with Crippen LogP contribution in [0.2, 0.25) is 0 Å². The van der Waals surface area contributed by atoms with Crippen molar-refractivity contribution in [3.05, 3.63) is 58.6 Å². The van der Waals surface area contributed by atoms with Crippen molar-refractivity contribution < 1.29 is 0 Å². The van der Waals surface area contributed by atoms with E-state index in [1.165, 1.54) is 21.4 Å². The second-order valence-corrected chi connectivity index (χ2v) is 7.82. The van der Waals surface area contributed by atoms with E-state index in [-0.39, 0.29) is 11.4 Å². The van der Waals surface area contributed by atoms with E-state index in [0.29, 0.717) is 5.84 Å². The van der Waals surface area contributed by atoms with Gasteiger partial charge in [-0.05, 0) is 42.2 Å². The molecule has 6 nitrogen and oxygen atoms in total. The Labute approximate surface area is 164 Å². The van der Waals surface area contributed by atoms with Gasteiger partial charge in [0.1, 0.15) is 5.84 Å². The number of rotatable bonds is 2. The summed E-state index contributed by atoms with van der Waals surface area (Å²) in [4.78, 5) is 2.24. The summed E-state index contributed by atoms with van der Waals surface area (Å²) in [7, 11) is 0. The molecule has 2 heterocycles. The van der Waals surface area contributed by atoms with Crippen LogP contribution in [0, 0.1) is 23.7 Å². The molecule has 3 aromatic rings. The highest BCUT2D eigenvalue weighted by Crippen LogP contribution is 2.30. The Morgan fingerprint density at radius 1 is 1.18 bits per heavy atom. The Morgan fingerprint density at radius 2 is 1.89 bits per heavy atom. The first kappa shape index (κ1) is 18.2. The molecule has 0 radical (unpaired) electrons. The average molecular weight is 374 g/mol.